The van der Waals surface area contributed by atoms with Gasteiger partial charge in [-0.2, -0.15) is 5.10 Å². The molecule has 0 aliphatic heterocycles. The normalized spacial score (nSPS) is 10.8. The molecule has 0 unspecified atom stereocenters. The number of halogens is 1. The van der Waals surface area contributed by atoms with Gasteiger partial charge in [-0.1, -0.05) is 30.7 Å². The lowest BCUT2D eigenvalue weighted by atomic mass is 10.1. The molecule has 0 aliphatic carbocycles. The van der Waals surface area contributed by atoms with E-state index in [2.05, 4.69) is 42.5 Å². The number of benzene rings is 1. The lowest BCUT2D eigenvalue weighted by Gasteiger charge is -2.09. The Hall–Kier alpha value is -1.32. The summed E-state index contributed by atoms with van der Waals surface area (Å²) in [5.41, 5.74) is 3.53. The monoisotopic (exact) mass is 263 g/mol. The molecule has 0 spiro atoms. The van der Waals surface area contributed by atoms with Crippen molar-refractivity contribution in [2.24, 2.45) is 0 Å². The van der Waals surface area contributed by atoms with Crippen molar-refractivity contribution in [3.63, 3.8) is 0 Å². The molecule has 0 aliphatic rings. The predicted octanol–water partition coefficient (Wildman–Crippen LogP) is 3.33. The van der Waals surface area contributed by atoms with E-state index in [1.807, 2.05) is 10.9 Å². The zero-order valence-corrected chi connectivity index (χ0v) is 11.5. The van der Waals surface area contributed by atoms with Gasteiger partial charge in [0.15, 0.2) is 0 Å². The van der Waals surface area contributed by atoms with Gasteiger partial charge in [-0.15, -0.1) is 0 Å². The van der Waals surface area contributed by atoms with Crippen molar-refractivity contribution in [3.05, 3.63) is 46.7 Å². The molecule has 0 fully saturated rings. The van der Waals surface area contributed by atoms with E-state index in [0.717, 1.165) is 25.2 Å². The van der Waals surface area contributed by atoms with Crippen LogP contribution in [0, 0.1) is 6.92 Å². The Morgan fingerprint density at radius 3 is 2.89 bits per heavy atom. The molecule has 0 saturated carbocycles. The summed E-state index contributed by atoms with van der Waals surface area (Å²) in [5.74, 6) is 0. The quantitative estimate of drug-likeness (QED) is 0.839. The molecule has 0 atom stereocenters. The van der Waals surface area contributed by atoms with Crippen LogP contribution in [0.5, 0.6) is 0 Å². The van der Waals surface area contributed by atoms with Crippen molar-refractivity contribution in [3.8, 4) is 5.69 Å². The number of aryl methyl sites for hydroxylation is 1. The molecule has 2 rings (SSSR count). The smallest absolute Gasteiger partial charge is 0.0790 e. The van der Waals surface area contributed by atoms with Crippen LogP contribution in [0.4, 0.5) is 0 Å². The minimum atomic E-state index is 0.656. The molecule has 18 heavy (non-hydrogen) atoms. The lowest BCUT2D eigenvalue weighted by Crippen LogP contribution is -2.14. The summed E-state index contributed by atoms with van der Waals surface area (Å²) >= 11 is 5.91. The van der Waals surface area contributed by atoms with E-state index >= 15 is 0 Å². The minimum Gasteiger partial charge on any atom is -0.313 e. The highest BCUT2D eigenvalue weighted by Gasteiger charge is 2.04. The first-order chi connectivity index (χ1) is 8.70. The third kappa shape index (κ3) is 3.12. The molecule has 96 valence electrons. The van der Waals surface area contributed by atoms with Gasteiger partial charge in [0.2, 0.25) is 0 Å². The van der Waals surface area contributed by atoms with Gasteiger partial charge in [0.25, 0.3) is 0 Å². The molecular weight excluding hydrogens is 246 g/mol. The highest BCUT2D eigenvalue weighted by atomic mass is 35.5. The first-order valence-corrected chi connectivity index (χ1v) is 6.59. The summed E-state index contributed by atoms with van der Waals surface area (Å²) in [4.78, 5) is 0. The number of hydrogen-bond donors (Lipinski definition) is 1. The van der Waals surface area contributed by atoms with E-state index in [4.69, 9.17) is 11.6 Å². The third-order valence-electron chi connectivity index (χ3n) is 2.83. The molecule has 0 amide bonds. The second-order valence-electron chi connectivity index (χ2n) is 4.40. The zero-order valence-electron chi connectivity index (χ0n) is 10.8. The molecule has 3 nitrogen and oxygen atoms in total. The van der Waals surface area contributed by atoms with Crippen molar-refractivity contribution in [2.75, 3.05) is 6.54 Å². The maximum atomic E-state index is 5.91. The first kappa shape index (κ1) is 13.1. The van der Waals surface area contributed by atoms with Gasteiger partial charge in [-0.25, -0.2) is 4.68 Å². The van der Waals surface area contributed by atoms with E-state index in [1.54, 1.807) is 6.20 Å². The van der Waals surface area contributed by atoms with E-state index < -0.39 is 0 Å². The van der Waals surface area contributed by atoms with E-state index in [-0.39, 0.29) is 0 Å². The molecule has 4 heteroatoms. The van der Waals surface area contributed by atoms with Crippen molar-refractivity contribution in [1.82, 2.24) is 15.1 Å². The van der Waals surface area contributed by atoms with Crippen LogP contribution >= 0.6 is 11.6 Å². The molecule has 0 radical (unpaired) electrons. The fraction of sp³-hybridized carbons (Fsp3) is 0.357. The van der Waals surface area contributed by atoms with E-state index in [1.165, 1.54) is 11.1 Å². The van der Waals surface area contributed by atoms with Crippen molar-refractivity contribution >= 4 is 11.6 Å². The van der Waals surface area contributed by atoms with Crippen LogP contribution in [-0.2, 0) is 6.54 Å². The van der Waals surface area contributed by atoms with E-state index in [0.29, 0.717) is 5.02 Å². The Labute approximate surface area is 113 Å². The fourth-order valence-electron chi connectivity index (χ4n) is 1.85. The molecular formula is C14H18ClN3. The zero-order chi connectivity index (χ0) is 13.0. The first-order valence-electron chi connectivity index (χ1n) is 6.21. The molecule has 1 heterocycles. The lowest BCUT2D eigenvalue weighted by molar-refractivity contribution is 0.674. The van der Waals surface area contributed by atoms with Gasteiger partial charge in [0.1, 0.15) is 0 Å². The minimum absolute atomic E-state index is 0.656. The summed E-state index contributed by atoms with van der Waals surface area (Å²) in [5, 5.41) is 8.30. The Kier molecular flexibility index (Phi) is 4.39. The average Bonchev–Trinajstić information content (AvgIpc) is 2.78. The number of hydrogen-bond acceptors (Lipinski definition) is 2. The van der Waals surface area contributed by atoms with Crippen molar-refractivity contribution in [2.45, 2.75) is 26.8 Å². The molecule has 0 bridgehead atoms. The van der Waals surface area contributed by atoms with Gasteiger partial charge in [0.05, 0.1) is 16.9 Å². The van der Waals surface area contributed by atoms with Crippen LogP contribution in [0.15, 0.2) is 30.6 Å². The Bertz CT molecular complexity index is 520. The Morgan fingerprint density at radius 2 is 2.22 bits per heavy atom. The van der Waals surface area contributed by atoms with Crippen LogP contribution in [0.1, 0.15) is 24.5 Å². The fourth-order valence-corrected chi connectivity index (χ4v) is 1.99. The Balaban J connectivity index is 2.21. The van der Waals surface area contributed by atoms with Crippen molar-refractivity contribution < 1.29 is 0 Å². The van der Waals surface area contributed by atoms with Crippen LogP contribution in [0.2, 0.25) is 5.02 Å². The summed E-state index contributed by atoms with van der Waals surface area (Å²) in [6.45, 7) is 6.17. The van der Waals surface area contributed by atoms with E-state index in [9.17, 15) is 0 Å². The summed E-state index contributed by atoms with van der Waals surface area (Å²) < 4.78 is 1.82. The number of aromatic nitrogens is 2. The highest BCUT2D eigenvalue weighted by molar-refractivity contribution is 6.30. The standard InChI is InChI=1S/C14H18ClN3/c1-3-6-16-8-12-5-4-11(2)14(7-12)18-10-13(15)9-17-18/h4-5,7,9-10,16H,3,6,8H2,1-2H3. The van der Waals surface area contributed by atoms with Gasteiger partial charge >= 0.3 is 0 Å². The van der Waals surface area contributed by atoms with Crippen LogP contribution in [0.25, 0.3) is 5.69 Å². The summed E-state index contributed by atoms with van der Waals surface area (Å²) in [6.07, 6.45) is 4.63. The van der Waals surface area contributed by atoms with Crippen LogP contribution in [-0.4, -0.2) is 16.3 Å². The molecule has 1 aromatic heterocycles. The SMILES string of the molecule is CCCNCc1ccc(C)c(-n2cc(Cl)cn2)c1. The van der Waals surface area contributed by atoms with Crippen LogP contribution in [0.3, 0.4) is 0 Å². The van der Waals surface area contributed by atoms with Gasteiger partial charge in [-0.3, -0.25) is 0 Å². The largest absolute Gasteiger partial charge is 0.313 e. The van der Waals surface area contributed by atoms with Crippen molar-refractivity contribution in [1.29, 1.82) is 0 Å². The molecule has 1 N–H and O–H groups in total. The highest BCUT2D eigenvalue weighted by Crippen LogP contribution is 2.17. The Morgan fingerprint density at radius 1 is 1.39 bits per heavy atom. The maximum Gasteiger partial charge on any atom is 0.0790 e. The summed E-state index contributed by atoms with van der Waals surface area (Å²) in [7, 11) is 0. The molecule has 2 aromatic rings. The number of rotatable bonds is 5. The predicted molar refractivity (Wildman–Crippen MR) is 75.3 cm³/mol. The van der Waals surface area contributed by atoms with Crippen LogP contribution < -0.4 is 5.32 Å². The number of nitrogens with one attached hydrogen (secondary N) is 1. The van der Waals surface area contributed by atoms with Gasteiger partial charge < -0.3 is 5.32 Å². The summed E-state index contributed by atoms with van der Waals surface area (Å²) in [6, 6.07) is 6.42. The molecule has 1 aromatic carbocycles. The molecule has 0 saturated heterocycles. The average molecular weight is 264 g/mol. The second-order valence-corrected chi connectivity index (χ2v) is 4.84. The number of nitrogens with zero attached hydrogens (tertiary/aromatic N) is 2. The topological polar surface area (TPSA) is 29.9 Å². The van der Waals surface area contributed by atoms with Gasteiger partial charge in [0, 0.05) is 12.7 Å². The van der Waals surface area contributed by atoms with Gasteiger partial charge in [-0.05, 0) is 37.1 Å². The second kappa shape index (κ2) is 6.03. The maximum absolute atomic E-state index is 5.91. The third-order valence-corrected chi connectivity index (χ3v) is 3.02.